The van der Waals surface area contributed by atoms with E-state index in [0.29, 0.717) is 37.4 Å². The van der Waals surface area contributed by atoms with Gasteiger partial charge in [-0.25, -0.2) is 9.97 Å². The summed E-state index contributed by atoms with van der Waals surface area (Å²) in [5.41, 5.74) is 2.56. The summed E-state index contributed by atoms with van der Waals surface area (Å²) in [6, 6.07) is 15.3. The van der Waals surface area contributed by atoms with Gasteiger partial charge in [-0.2, -0.15) is 0 Å². The average Bonchev–Trinajstić information content (AvgIpc) is 3.37. The van der Waals surface area contributed by atoms with Crippen LogP contribution in [0.25, 0.3) is 11.0 Å². The van der Waals surface area contributed by atoms with Crippen molar-refractivity contribution >= 4 is 22.6 Å². The number of carbonyl (C=O) groups excluding carboxylic acids is 1. The minimum absolute atomic E-state index is 0.0777. The van der Waals surface area contributed by atoms with Gasteiger partial charge in [-0.15, -0.1) is 0 Å². The number of aryl methyl sites for hydroxylation is 1. The lowest BCUT2D eigenvalue weighted by molar-refractivity contribution is -0.116. The van der Waals surface area contributed by atoms with Gasteiger partial charge in [-0.1, -0.05) is 24.3 Å². The summed E-state index contributed by atoms with van der Waals surface area (Å²) in [5, 5.41) is 2.93. The molecule has 0 bridgehead atoms. The molecule has 28 heavy (non-hydrogen) atoms. The molecular formula is C21H21N5O2. The largest absolute Gasteiger partial charge is 0.490 e. The first-order valence-electron chi connectivity index (χ1n) is 9.19. The molecule has 0 aliphatic rings. The molecule has 0 radical (unpaired) electrons. The number of rotatable bonds is 8. The van der Waals surface area contributed by atoms with Gasteiger partial charge in [0.25, 0.3) is 0 Å². The lowest BCUT2D eigenvalue weighted by Crippen LogP contribution is -2.14. The highest BCUT2D eigenvalue weighted by Crippen LogP contribution is 2.24. The molecule has 2 aromatic heterocycles. The topological polar surface area (TPSA) is 84.8 Å². The first-order chi connectivity index (χ1) is 13.8. The first kappa shape index (κ1) is 17.8. The van der Waals surface area contributed by atoms with Crippen LogP contribution in [0.4, 0.5) is 5.69 Å². The van der Waals surface area contributed by atoms with E-state index in [1.54, 1.807) is 12.5 Å². The van der Waals surface area contributed by atoms with Crippen LogP contribution in [0.5, 0.6) is 5.75 Å². The van der Waals surface area contributed by atoms with Crippen molar-refractivity contribution in [3.63, 3.8) is 0 Å². The van der Waals surface area contributed by atoms with Crippen molar-refractivity contribution in [2.45, 2.75) is 19.4 Å². The number of carbonyl (C=O) groups is 1. The maximum absolute atomic E-state index is 12.4. The van der Waals surface area contributed by atoms with Crippen LogP contribution in [0.3, 0.4) is 0 Å². The molecule has 0 fully saturated rings. The van der Waals surface area contributed by atoms with Gasteiger partial charge in [0, 0.05) is 25.2 Å². The van der Waals surface area contributed by atoms with E-state index in [1.807, 2.05) is 59.3 Å². The Hall–Kier alpha value is -3.61. The van der Waals surface area contributed by atoms with Gasteiger partial charge in [0.05, 0.1) is 29.6 Å². The van der Waals surface area contributed by atoms with Crippen molar-refractivity contribution in [2.75, 3.05) is 11.9 Å². The molecular weight excluding hydrogens is 354 g/mol. The van der Waals surface area contributed by atoms with Crippen molar-refractivity contribution < 1.29 is 9.53 Å². The summed E-state index contributed by atoms with van der Waals surface area (Å²) >= 11 is 0. The van der Waals surface area contributed by atoms with Gasteiger partial charge in [0.1, 0.15) is 18.2 Å². The molecule has 0 unspecified atom stereocenters. The predicted octanol–water partition coefficient (Wildman–Crippen LogP) is 3.41. The summed E-state index contributed by atoms with van der Waals surface area (Å²) in [6.07, 6.45) is 6.24. The minimum Gasteiger partial charge on any atom is -0.490 e. The molecule has 7 heteroatoms. The number of imidazole rings is 2. The summed E-state index contributed by atoms with van der Waals surface area (Å²) in [5.74, 6) is 1.38. The summed E-state index contributed by atoms with van der Waals surface area (Å²) in [4.78, 5) is 24.2. The number of benzene rings is 2. The number of H-pyrrole nitrogens is 1. The molecule has 1 amide bonds. The van der Waals surface area contributed by atoms with Crippen LogP contribution in [0.15, 0.2) is 67.3 Å². The normalized spacial score (nSPS) is 10.9. The second-order valence-corrected chi connectivity index (χ2v) is 6.39. The number of hydrogen-bond donors (Lipinski definition) is 2. The number of amides is 1. The molecule has 0 saturated heterocycles. The second-order valence-electron chi connectivity index (χ2n) is 6.39. The first-order valence-corrected chi connectivity index (χ1v) is 9.19. The summed E-state index contributed by atoms with van der Waals surface area (Å²) in [7, 11) is 0. The SMILES string of the molecule is O=C(CCc1nc2ccccc2[nH]1)Nc1ccccc1OCCn1ccnc1. The standard InChI is InChI=1S/C21H21N5O2/c27-21(10-9-20-23-16-5-1-2-6-17(16)24-20)25-18-7-3-4-8-19(18)28-14-13-26-12-11-22-15-26/h1-8,11-12,15H,9-10,13-14H2,(H,23,24)(H,25,27). The van der Waals surface area contributed by atoms with Crippen molar-refractivity contribution in [1.82, 2.24) is 19.5 Å². The van der Waals surface area contributed by atoms with Crippen molar-refractivity contribution in [1.29, 1.82) is 0 Å². The van der Waals surface area contributed by atoms with E-state index in [1.165, 1.54) is 0 Å². The van der Waals surface area contributed by atoms with E-state index >= 15 is 0 Å². The number of fused-ring (bicyclic) bond motifs is 1. The Morgan fingerprint density at radius 3 is 2.86 bits per heavy atom. The van der Waals surface area contributed by atoms with Crippen LogP contribution in [0.1, 0.15) is 12.2 Å². The average molecular weight is 375 g/mol. The van der Waals surface area contributed by atoms with Crippen LogP contribution in [-0.4, -0.2) is 32.0 Å². The third-order valence-electron chi connectivity index (χ3n) is 4.35. The minimum atomic E-state index is -0.0777. The Labute approximate surface area is 162 Å². The van der Waals surface area contributed by atoms with E-state index in [9.17, 15) is 4.79 Å². The maximum Gasteiger partial charge on any atom is 0.224 e. The fourth-order valence-corrected chi connectivity index (χ4v) is 2.94. The molecule has 7 nitrogen and oxygen atoms in total. The molecule has 0 saturated carbocycles. The van der Waals surface area contributed by atoms with E-state index in [2.05, 4.69) is 20.3 Å². The number of hydrogen-bond acceptors (Lipinski definition) is 4. The summed E-state index contributed by atoms with van der Waals surface area (Å²) in [6.45, 7) is 1.18. The molecule has 0 atom stereocenters. The lowest BCUT2D eigenvalue weighted by atomic mass is 10.2. The smallest absolute Gasteiger partial charge is 0.224 e. The molecule has 2 N–H and O–H groups in total. The van der Waals surface area contributed by atoms with Crippen LogP contribution in [-0.2, 0) is 17.8 Å². The highest BCUT2D eigenvalue weighted by Gasteiger charge is 2.10. The number of nitrogens with zero attached hydrogens (tertiary/aromatic N) is 3. The molecule has 0 aliphatic carbocycles. The second kappa shape index (κ2) is 8.39. The quantitative estimate of drug-likeness (QED) is 0.494. The van der Waals surface area contributed by atoms with E-state index < -0.39 is 0 Å². The van der Waals surface area contributed by atoms with Gasteiger partial charge in [0.15, 0.2) is 0 Å². The zero-order valence-electron chi connectivity index (χ0n) is 15.3. The zero-order chi connectivity index (χ0) is 19.2. The van der Waals surface area contributed by atoms with Gasteiger partial charge in [-0.05, 0) is 24.3 Å². The number of aromatic amines is 1. The molecule has 0 spiro atoms. The van der Waals surface area contributed by atoms with Gasteiger partial charge in [0.2, 0.25) is 5.91 Å². The summed E-state index contributed by atoms with van der Waals surface area (Å²) < 4.78 is 7.77. The third-order valence-corrected chi connectivity index (χ3v) is 4.35. The number of para-hydroxylation sites is 4. The zero-order valence-corrected chi connectivity index (χ0v) is 15.3. The molecule has 2 aromatic carbocycles. The van der Waals surface area contributed by atoms with E-state index in [0.717, 1.165) is 16.9 Å². The Bertz CT molecular complexity index is 1020. The molecule has 4 aromatic rings. The molecule has 142 valence electrons. The fraction of sp³-hybridized carbons (Fsp3) is 0.190. The fourth-order valence-electron chi connectivity index (χ4n) is 2.94. The Balaban J connectivity index is 1.32. The van der Waals surface area contributed by atoms with Crippen molar-refractivity contribution in [2.24, 2.45) is 0 Å². The highest BCUT2D eigenvalue weighted by molar-refractivity contribution is 5.92. The van der Waals surface area contributed by atoms with Gasteiger partial charge >= 0.3 is 0 Å². The maximum atomic E-state index is 12.4. The van der Waals surface area contributed by atoms with Crippen LogP contribution < -0.4 is 10.1 Å². The Morgan fingerprint density at radius 1 is 1.14 bits per heavy atom. The van der Waals surface area contributed by atoms with Crippen LogP contribution in [0.2, 0.25) is 0 Å². The lowest BCUT2D eigenvalue weighted by Gasteiger charge is -2.12. The monoisotopic (exact) mass is 375 g/mol. The van der Waals surface area contributed by atoms with Crippen molar-refractivity contribution in [3.8, 4) is 5.75 Å². The van der Waals surface area contributed by atoms with Crippen LogP contribution >= 0.6 is 0 Å². The molecule has 2 heterocycles. The Morgan fingerprint density at radius 2 is 2.00 bits per heavy atom. The predicted molar refractivity (Wildman–Crippen MR) is 107 cm³/mol. The van der Waals surface area contributed by atoms with Crippen molar-refractivity contribution in [3.05, 3.63) is 73.1 Å². The van der Waals surface area contributed by atoms with Gasteiger partial charge < -0.3 is 19.6 Å². The van der Waals surface area contributed by atoms with Gasteiger partial charge in [-0.3, -0.25) is 4.79 Å². The van der Waals surface area contributed by atoms with Crippen LogP contribution in [0, 0.1) is 0 Å². The molecule has 4 rings (SSSR count). The highest BCUT2D eigenvalue weighted by atomic mass is 16.5. The van der Waals surface area contributed by atoms with E-state index in [-0.39, 0.29) is 5.91 Å². The molecule has 0 aliphatic heterocycles. The third kappa shape index (κ3) is 4.37. The van der Waals surface area contributed by atoms with E-state index in [4.69, 9.17) is 4.74 Å². The Kier molecular flexibility index (Phi) is 5.33. The number of aromatic nitrogens is 4. The number of ether oxygens (including phenoxy) is 1. The number of anilines is 1. The number of nitrogens with one attached hydrogen (secondary N) is 2.